The first-order valence-corrected chi connectivity index (χ1v) is 24.6. The van der Waals surface area contributed by atoms with E-state index >= 15 is 0 Å². The summed E-state index contributed by atoms with van der Waals surface area (Å²) in [7, 11) is -16.5. The van der Waals surface area contributed by atoms with Gasteiger partial charge >= 0.3 is 23.5 Å². The third-order valence-corrected chi connectivity index (χ3v) is 12.9. The maximum Gasteiger partial charge on any atom is 0.524 e. The van der Waals surface area contributed by atoms with Gasteiger partial charge in [-0.25, -0.2) is 28.6 Å². The minimum Gasteiger partial charge on any atom is -0.465 e. The predicted molar refractivity (Wildman–Crippen MR) is 215 cm³/mol. The number of carbonyl (C=O) groups excluding carboxylic acids is 2. The molecule has 28 heteroatoms. The smallest absolute Gasteiger partial charge is 0.465 e. The number of amides is 2. The van der Waals surface area contributed by atoms with E-state index in [9.17, 15) is 58.2 Å². The summed E-state index contributed by atoms with van der Waals surface area (Å²) >= 11 is 1.52. The van der Waals surface area contributed by atoms with Crippen LogP contribution >= 0.6 is 35.2 Å². The molecule has 6 atom stereocenters. The number of nitrogens with two attached hydrogens (primary N) is 1. The van der Waals surface area contributed by atoms with Crippen LogP contribution in [0.2, 0.25) is 0 Å². The molecule has 0 spiro atoms. The van der Waals surface area contributed by atoms with Gasteiger partial charge < -0.3 is 50.7 Å². The van der Waals surface area contributed by atoms with Gasteiger partial charge in [0.15, 0.2) is 29.1 Å². The normalized spacial score (nSPS) is 19.0. The van der Waals surface area contributed by atoms with E-state index in [0.29, 0.717) is 18.1 Å². The van der Waals surface area contributed by atoms with Gasteiger partial charge in [0.1, 0.15) is 30.9 Å². The van der Waals surface area contributed by atoms with Crippen LogP contribution in [-0.4, -0.2) is 122 Å². The Hall–Kier alpha value is -2.73. The van der Waals surface area contributed by atoms with E-state index in [1.54, 1.807) is 0 Å². The first-order valence-electron chi connectivity index (χ1n) is 19.0. The van der Waals surface area contributed by atoms with Gasteiger partial charge in [-0.1, -0.05) is 65.7 Å². The summed E-state index contributed by atoms with van der Waals surface area (Å²) in [5.74, 6) is -1.92. The number of carbonyl (C=O) groups is 2. The highest BCUT2D eigenvalue weighted by molar-refractivity contribution is 7.99. The SMILES string of the molecule is CCCCCCCCC[C@H](O)CSCCNC(=O)CCNC(=O)[C@H](O)C(C)(C)COP(=O)(O)OP(=O)(O)OCC1=C(OP(=O)(O)O)[C@H](O)[C@@H](n2cnc3c(N)ncnc32)O1. The van der Waals surface area contributed by atoms with Crippen molar-refractivity contribution in [3.8, 4) is 0 Å². The zero-order chi connectivity index (χ0) is 44.7. The topological polar surface area (TPSA) is 367 Å². The van der Waals surface area contributed by atoms with Crippen molar-refractivity contribution < 1.29 is 80.8 Å². The van der Waals surface area contributed by atoms with Crippen LogP contribution in [0.5, 0.6) is 0 Å². The molecule has 1 aliphatic heterocycles. The molecule has 0 saturated heterocycles. The van der Waals surface area contributed by atoms with Crippen LogP contribution in [0.25, 0.3) is 11.2 Å². The molecule has 0 aromatic carbocycles. The van der Waals surface area contributed by atoms with Crippen molar-refractivity contribution in [3.05, 3.63) is 24.2 Å². The molecule has 0 bridgehead atoms. The number of unbranched alkanes of at least 4 members (excludes halogenated alkanes) is 6. The molecular formula is C32H56N7O17P3S. The van der Waals surface area contributed by atoms with Crippen LogP contribution in [0.1, 0.15) is 84.8 Å². The highest BCUT2D eigenvalue weighted by Gasteiger charge is 2.45. The summed E-state index contributed by atoms with van der Waals surface area (Å²) in [4.78, 5) is 75.7. The average molecular weight is 936 g/mol. The summed E-state index contributed by atoms with van der Waals surface area (Å²) in [5, 5.41) is 36.7. The van der Waals surface area contributed by atoms with Crippen molar-refractivity contribution in [3.63, 3.8) is 0 Å². The van der Waals surface area contributed by atoms with Gasteiger partial charge in [0.25, 0.3) is 0 Å². The second-order valence-electron chi connectivity index (χ2n) is 14.4. The highest BCUT2D eigenvalue weighted by Crippen LogP contribution is 2.61. The second kappa shape index (κ2) is 23.6. The zero-order valence-electron chi connectivity index (χ0n) is 33.4. The summed E-state index contributed by atoms with van der Waals surface area (Å²) in [6.45, 7) is 2.78. The molecule has 60 heavy (non-hydrogen) atoms. The van der Waals surface area contributed by atoms with Crippen molar-refractivity contribution in [1.29, 1.82) is 0 Å². The van der Waals surface area contributed by atoms with Crippen molar-refractivity contribution >= 4 is 64.0 Å². The van der Waals surface area contributed by atoms with Crippen LogP contribution in [0, 0.1) is 5.41 Å². The first-order chi connectivity index (χ1) is 28.1. The predicted octanol–water partition coefficient (Wildman–Crippen LogP) is 2.11. The summed E-state index contributed by atoms with van der Waals surface area (Å²) < 4.78 is 61.8. The van der Waals surface area contributed by atoms with Crippen LogP contribution in [0.4, 0.5) is 5.82 Å². The monoisotopic (exact) mass is 935 g/mol. The molecule has 2 amide bonds. The van der Waals surface area contributed by atoms with Crippen molar-refractivity contribution in [2.24, 2.45) is 5.41 Å². The molecule has 1 aliphatic rings. The Morgan fingerprint density at radius 3 is 2.33 bits per heavy atom. The van der Waals surface area contributed by atoms with Gasteiger partial charge in [-0.3, -0.25) is 33.0 Å². The zero-order valence-corrected chi connectivity index (χ0v) is 36.9. The number of thioether (sulfide) groups is 1. The van der Waals surface area contributed by atoms with Crippen LogP contribution in [-0.2, 0) is 45.9 Å². The maximum absolute atomic E-state index is 12.7. The maximum atomic E-state index is 12.7. The Balaban J connectivity index is 1.41. The van der Waals surface area contributed by atoms with Crippen molar-refractivity contribution in [1.82, 2.24) is 30.2 Å². The fraction of sp³-hybridized carbons (Fsp3) is 0.719. The summed E-state index contributed by atoms with van der Waals surface area (Å²) in [5.41, 5.74) is 4.24. The molecule has 0 radical (unpaired) electrons. The first kappa shape index (κ1) is 51.6. The van der Waals surface area contributed by atoms with Gasteiger partial charge in [-0.05, 0) is 6.42 Å². The number of nitrogens with one attached hydrogen (secondary N) is 2. The van der Waals surface area contributed by atoms with Gasteiger partial charge in [0, 0.05) is 36.4 Å². The molecule has 0 aliphatic carbocycles. The lowest BCUT2D eigenvalue weighted by molar-refractivity contribution is -0.137. The number of aromatic nitrogens is 4. The average Bonchev–Trinajstić information content (AvgIpc) is 3.72. The number of hydrogen-bond acceptors (Lipinski definition) is 18. The number of nitrogens with zero attached hydrogens (tertiary/aromatic N) is 4. The Morgan fingerprint density at radius 2 is 1.65 bits per heavy atom. The standard InChI is InChI=1S/C32H56N7O17P3S/c1-4-5-6-7-8-9-10-11-21(40)17-60-15-14-34-23(41)12-13-35-30(44)27(43)32(2,3)18-53-59(50,51)56-58(48,49)52-16-22-26(55-57(45,46)47)25(42)31(54-22)39-20-38-24-28(33)36-19-37-29(24)39/h19-21,25,27,31,40,42-43H,4-18H2,1-3H3,(H,34,41)(H,35,44)(H,48,49)(H,50,51)(H2,33,36,37)(H2,45,46,47)/t21-,25-,27-,31-/m0/s1. The number of phosphoric ester groups is 3. The number of imidazole rings is 1. The third-order valence-electron chi connectivity index (χ3n) is 8.78. The minimum absolute atomic E-state index is 0.00907. The van der Waals surface area contributed by atoms with E-state index in [4.69, 9.17) is 19.5 Å². The van der Waals surface area contributed by atoms with E-state index in [0.717, 1.165) is 36.5 Å². The molecule has 342 valence electrons. The molecule has 0 saturated carbocycles. The Kier molecular flexibility index (Phi) is 20.3. The highest BCUT2D eigenvalue weighted by atomic mass is 32.2. The number of hydrogen-bond donors (Lipinski definition) is 10. The molecule has 0 fully saturated rings. The number of ether oxygens (including phenoxy) is 1. The lowest BCUT2D eigenvalue weighted by Crippen LogP contribution is -2.46. The Morgan fingerprint density at radius 1 is 0.983 bits per heavy atom. The van der Waals surface area contributed by atoms with E-state index in [1.807, 2.05) is 0 Å². The molecule has 3 rings (SSSR count). The molecule has 11 N–H and O–H groups in total. The fourth-order valence-corrected chi connectivity index (χ4v) is 9.07. The summed E-state index contributed by atoms with van der Waals surface area (Å²) in [6, 6.07) is 0. The number of nitrogen functional groups attached to an aromatic ring is 1. The second-order valence-corrected chi connectivity index (χ2v) is 19.7. The number of rotatable bonds is 29. The van der Waals surface area contributed by atoms with Crippen molar-refractivity contribution in [2.45, 2.75) is 103 Å². The van der Waals surface area contributed by atoms with E-state index in [-0.39, 0.29) is 35.9 Å². The number of phosphoric acid groups is 3. The van der Waals surface area contributed by atoms with E-state index in [2.05, 4.69) is 41.3 Å². The van der Waals surface area contributed by atoms with Gasteiger partial charge in [-0.2, -0.15) is 16.1 Å². The fourth-order valence-electron chi connectivity index (χ4n) is 5.55. The van der Waals surface area contributed by atoms with E-state index in [1.165, 1.54) is 57.7 Å². The Bertz CT molecular complexity index is 1900. The number of fused-ring (bicyclic) bond motifs is 1. The molecule has 24 nitrogen and oxygen atoms in total. The van der Waals surface area contributed by atoms with Crippen LogP contribution in [0.3, 0.4) is 0 Å². The number of anilines is 1. The quantitative estimate of drug-likeness (QED) is 0.0412. The lowest BCUT2D eigenvalue weighted by Gasteiger charge is -2.29. The molecular weight excluding hydrogens is 879 g/mol. The van der Waals surface area contributed by atoms with E-state index < -0.39 is 84.1 Å². The molecule has 2 aromatic rings. The van der Waals surface area contributed by atoms with Gasteiger partial charge in [0.05, 0.1) is 12.7 Å². The van der Waals surface area contributed by atoms with Crippen LogP contribution in [0.15, 0.2) is 24.2 Å². The molecule has 2 aromatic heterocycles. The lowest BCUT2D eigenvalue weighted by atomic mass is 9.87. The molecule has 3 heterocycles. The summed E-state index contributed by atoms with van der Waals surface area (Å²) in [6.07, 6.45) is 5.11. The number of aliphatic hydroxyl groups is 3. The Labute approximate surface area is 350 Å². The van der Waals surface area contributed by atoms with Crippen molar-refractivity contribution in [2.75, 3.05) is 43.5 Å². The van der Waals surface area contributed by atoms with Crippen LogP contribution < -0.4 is 16.4 Å². The third kappa shape index (κ3) is 17.2. The molecule has 2 unspecified atom stereocenters. The minimum atomic E-state index is -5.60. The van der Waals surface area contributed by atoms with Gasteiger partial charge in [0.2, 0.25) is 18.0 Å². The van der Waals surface area contributed by atoms with Gasteiger partial charge in [-0.15, -0.1) is 0 Å². The number of aliphatic hydroxyl groups excluding tert-OH is 3. The largest absolute Gasteiger partial charge is 0.524 e.